The van der Waals surface area contributed by atoms with Crippen molar-refractivity contribution in [2.45, 2.75) is 0 Å². The van der Waals surface area contributed by atoms with Gasteiger partial charge in [0.25, 0.3) is 0 Å². The van der Waals surface area contributed by atoms with Crippen LogP contribution in [0.1, 0.15) is 0 Å². The fraction of sp³-hybridized carbons (Fsp3) is 0.400. The molecule has 0 unspecified atom stereocenters. The third-order valence-electron chi connectivity index (χ3n) is 2.26. The molecule has 5 N–H and O–H groups in total. The van der Waals surface area contributed by atoms with Gasteiger partial charge in [-0.25, -0.2) is 0 Å². The normalized spacial score (nSPS) is 11.3. The molecule has 9 heteroatoms. The lowest BCUT2D eigenvalue weighted by atomic mass is 10.2. The van der Waals surface area contributed by atoms with Crippen LogP contribution < -0.4 is 14.8 Å². The number of nitrogen functional groups attached to an aromatic ring is 1. The van der Waals surface area contributed by atoms with Crippen molar-refractivity contribution < 1.29 is 27.4 Å². The number of hydrogen-bond acceptors (Lipinski definition) is 7. The van der Waals surface area contributed by atoms with E-state index in [4.69, 9.17) is 20.5 Å². The van der Waals surface area contributed by atoms with Gasteiger partial charge in [-0.1, -0.05) is 0 Å². The summed E-state index contributed by atoms with van der Waals surface area (Å²) < 4.78 is 34.7. The van der Waals surface area contributed by atoms with Gasteiger partial charge < -0.3 is 25.0 Å². The van der Waals surface area contributed by atoms with Crippen molar-refractivity contribution in [1.82, 2.24) is 0 Å². The van der Waals surface area contributed by atoms with Crippen LogP contribution in [0.25, 0.3) is 0 Å². The average molecular weight is 292 g/mol. The summed E-state index contributed by atoms with van der Waals surface area (Å²) in [5, 5.41) is 17.9. The largest absolute Gasteiger partial charge is 0.446 e. The van der Waals surface area contributed by atoms with Crippen LogP contribution in [0.15, 0.2) is 18.2 Å². The summed E-state index contributed by atoms with van der Waals surface area (Å²) >= 11 is 0. The fourth-order valence-corrected chi connectivity index (χ4v) is 1.93. The smallest absolute Gasteiger partial charge is 0.399 e. The van der Waals surface area contributed by atoms with Crippen molar-refractivity contribution in [2.24, 2.45) is 0 Å². The molecule has 0 heterocycles. The van der Waals surface area contributed by atoms with Crippen LogP contribution in [0.3, 0.4) is 0 Å². The molecule has 0 aliphatic carbocycles. The van der Waals surface area contributed by atoms with Crippen molar-refractivity contribution in [3.8, 4) is 5.75 Å². The molecule has 1 aromatic carbocycles. The Balaban J connectivity index is 3.16. The first-order valence-electron chi connectivity index (χ1n) is 5.40. The minimum absolute atomic E-state index is 0.159. The maximum Gasteiger partial charge on any atom is 0.446 e. The van der Waals surface area contributed by atoms with Crippen molar-refractivity contribution in [2.75, 3.05) is 36.9 Å². The first-order chi connectivity index (χ1) is 8.87. The first-order valence-corrected chi connectivity index (χ1v) is 6.77. The van der Waals surface area contributed by atoms with Crippen LogP contribution in [0.2, 0.25) is 0 Å². The van der Waals surface area contributed by atoms with E-state index in [-0.39, 0.29) is 43.4 Å². The summed E-state index contributed by atoms with van der Waals surface area (Å²) in [4.78, 5) is 1.50. The average Bonchev–Trinajstić information content (AvgIpc) is 2.27. The van der Waals surface area contributed by atoms with Crippen LogP contribution in [-0.4, -0.2) is 49.5 Å². The molecular formula is C10H16N2O6S. The fourth-order valence-electron chi connectivity index (χ4n) is 1.57. The quantitative estimate of drug-likeness (QED) is 0.381. The van der Waals surface area contributed by atoms with Gasteiger partial charge >= 0.3 is 10.4 Å². The monoisotopic (exact) mass is 292 g/mol. The molecule has 0 saturated heterocycles. The Kier molecular flexibility index (Phi) is 5.36. The molecule has 108 valence electrons. The minimum atomic E-state index is -4.69. The van der Waals surface area contributed by atoms with Crippen LogP contribution in [0, 0.1) is 0 Å². The molecule has 0 spiro atoms. The highest BCUT2D eigenvalue weighted by molar-refractivity contribution is 7.81. The molecule has 0 bridgehead atoms. The first kappa shape index (κ1) is 15.5. The van der Waals surface area contributed by atoms with Gasteiger partial charge in [-0.3, -0.25) is 4.55 Å². The maximum atomic E-state index is 10.8. The number of hydrogen-bond donors (Lipinski definition) is 4. The standard InChI is InChI=1S/C10H16N2O6S/c11-8-1-2-9(12(3-5-13)4-6-14)10(7-8)18-19(15,16)17/h1-2,7,13-14H,3-6,11H2,(H,15,16,17). The highest BCUT2D eigenvalue weighted by Gasteiger charge is 2.16. The van der Waals surface area contributed by atoms with Crippen LogP contribution in [0.5, 0.6) is 5.75 Å². The SMILES string of the molecule is Nc1ccc(N(CCO)CCO)c(OS(=O)(=O)O)c1. The Labute approximate surface area is 111 Å². The van der Waals surface area contributed by atoms with E-state index in [9.17, 15) is 8.42 Å². The molecular weight excluding hydrogens is 276 g/mol. The highest BCUT2D eigenvalue weighted by atomic mass is 32.3. The molecule has 0 saturated carbocycles. The summed E-state index contributed by atoms with van der Waals surface area (Å²) in [7, 11) is -4.69. The molecule has 1 aromatic rings. The topological polar surface area (TPSA) is 133 Å². The van der Waals surface area contributed by atoms with Crippen molar-refractivity contribution in [3.63, 3.8) is 0 Å². The zero-order chi connectivity index (χ0) is 14.5. The van der Waals surface area contributed by atoms with E-state index >= 15 is 0 Å². The zero-order valence-corrected chi connectivity index (χ0v) is 10.9. The summed E-state index contributed by atoms with van der Waals surface area (Å²) in [6.07, 6.45) is 0. The Morgan fingerprint density at radius 3 is 2.26 bits per heavy atom. The lowest BCUT2D eigenvalue weighted by molar-refractivity contribution is 0.281. The Hall–Kier alpha value is -1.55. The minimum Gasteiger partial charge on any atom is -0.399 e. The number of rotatable bonds is 7. The third-order valence-corrected chi connectivity index (χ3v) is 2.65. The maximum absolute atomic E-state index is 10.8. The molecule has 1 rings (SSSR count). The van der Waals surface area contributed by atoms with Crippen LogP contribution in [-0.2, 0) is 10.4 Å². The van der Waals surface area contributed by atoms with Gasteiger partial charge in [0.1, 0.15) is 0 Å². The number of nitrogens with zero attached hydrogens (tertiary/aromatic N) is 1. The molecule has 8 nitrogen and oxygen atoms in total. The highest BCUT2D eigenvalue weighted by Crippen LogP contribution is 2.31. The number of nitrogens with two attached hydrogens (primary N) is 1. The summed E-state index contributed by atoms with van der Waals surface area (Å²) in [5.74, 6) is -0.176. The van der Waals surface area contributed by atoms with Gasteiger partial charge in [-0.05, 0) is 12.1 Å². The van der Waals surface area contributed by atoms with E-state index in [1.54, 1.807) is 0 Å². The van der Waals surface area contributed by atoms with E-state index in [1.165, 1.54) is 23.1 Å². The van der Waals surface area contributed by atoms with Crippen LogP contribution >= 0.6 is 0 Å². The Morgan fingerprint density at radius 2 is 1.79 bits per heavy atom. The molecule has 19 heavy (non-hydrogen) atoms. The van der Waals surface area contributed by atoms with Gasteiger partial charge in [0, 0.05) is 24.8 Å². The van der Waals surface area contributed by atoms with E-state index < -0.39 is 10.4 Å². The Bertz CT molecular complexity index is 513. The molecule has 0 amide bonds. The summed E-state index contributed by atoms with van der Waals surface area (Å²) in [6.45, 7) is -0.0794. The predicted octanol–water partition coefficient (Wildman–Crippen LogP) is -0.759. The van der Waals surface area contributed by atoms with E-state index in [0.717, 1.165) is 0 Å². The van der Waals surface area contributed by atoms with Crippen molar-refractivity contribution in [1.29, 1.82) is 0 Å². The Morgan fingerprint density at radius 1 is 1.21 bits per heavy atom. The predicted molar refractivity (Wildman–Crippen MR) is 69.4 cm³/mol. The second-order valence-corrected chi connectivity index (χ2v) is 4.69. The lowest BCUT2D eigenvalue weighted by Crippen LogP contribution is -2.30. The number of benzene rings is 1. The second-order valence-electron chi connectivity index (χ2n) is 3.67. The van der Waals surface area contributed by atoms with Gasteiger partial charge in [-0.15, -0.1) is 0 Å². The van der Waals surface area contributed by atoms with Gasteiger partial charge in [0.15, 0.2) is 5.75 Å². The number of aliphatic hydroxyl groups is 2. The van der Waals surface area contributed by atoms with E-state index in [2.05, 4.69) is 4.18 Å². The van der Waals surface area contributed by atoms with Gasteiger partial charge in [-0.2, -0.15) is 8.42 Å². The van der Waals surface area contributed by atoms with E-state index in [1.807, 2.05) is 0 Å². The second kappa shape index (κ2) is 6.57. The summed E-state index contributed by atoms with van der Waals surface area (Å²) in [5.41, 5.74) is 6.05. The molecule has 0 aliphatic heterocycles. The van der Waals surface area contributed by atoms with Crippen molar-refractivity contribution in [3.05, 3.63) is 18.2 Å². The zero-order valence-electron chi connectivity index (χ0n) is 10.1. The molecule has 0 atom stereocenters. The molecule has 0 aromatic heterocycles. The molecule has 0 radical (unpaired) electrons. The lowest BCUT2D eigenvalue weighted by Gasteiger charge is -2.24. The van der Waals surface area contributed by atoms with Crippen molar-refractivity contribution >= 4 is 21.8 Å². The van der Waals surface area contributed by atoms with E-state index in [0.29, 0.717) is 0 Å². The molecule has 0 fully saturated rings. The number of aliphatic hydroxyl groups excluding tert-OH is 2. The third kappa shape index (κ3) is 4.91. The van der Waals surface area contributed by atoms with Crippen LogP contribution in [0.4, 0.5) is 11.4 Å². The van der Waals surface area contributed by atoms with Gasteiger partial charge in [0.2, 0.25) is 0 Å². The summed E-state index contributed by atoms with van der Waals surface area (Å²) in [6, 6.07) is 4.21. The van der Waals surface area contributed by atoms with Gasteiger partial charge in [0.05, 0.1) is 18.9 Å². The number of anilines is 2. The molecule has 0 aliphatic rings.